The fourth-order valence-corrected chi connectivity index (χ4v) is 1.80. The van der Waals surface area contributed by atoms with Gasteiger partial charge in [0, 0.05) is 12.7 Å². The van der Waals surface area contributed by atoms with Crippen LogP contribution in [0.4, 0.5) is 5.69 Å². The van der Waals surface area contributed by atoms with Gasteiger partial charge in [0.05, 0.1) is 17.8 Å². The quantitative estimate of drug-likeness (QED) is 0.641. The molecule has 2 amide bonds. The van der Waals surface area contributed by atoms with Gasteiger partial charge < -0.3 is 16.8 Å². The van der Waals surface area contributed by atoms with Crippen molar-refractivity contribution in [1.82, 2.24) is 9.78 Å². The molecule has 1 atom stereocenters. The molecule has 0 aromatic carbocycles. The highest BCUT2D eigenvalue weighted by molar-refractivity contribution is 5.92. The van der Waals surface area contributed by atoms with Gasteiger partial charge in [-0.3, -0.25) is 14.3 Å². The van der Waals surface area contributed by atoms with E-state index in [-0.39, 0.29) is 18.4 Å². The molecule has 0 aliphatic carbocycles. The van der Waals surface area contributed by atoms with Crippen LogP contribution in [0.1, 0.15) is 20.3 Å². The maximum absolute atomic E-state index is 12.0. The van der Waals surface area contributed by atoms with Crippen LogP contribution in [0.15, 0.2) is 12.4 Å². The lowest BCUT2D eigenvalue weighted by atomic mass is 9.96. The Hall–Kier alpha value is -1.89. The van der Waals surface area contributed by atoms with Crippen LogP contribution in [-0.2, 0) is 16.1 Å². The Balaban J connectivity index is 2.60. The summed E-state index contributed by atoms with van der Waals surface area (Å²) in [5.41, 5.74) is 11.2. The van der Waals surface area contributed by atoms with Crippen molar-refractivity contribution in [2.24, 2.45) is 23.3 Å². The SMILES string of the molecule is CC(C)CC(CN)C(=O)Nc1cnn(CC(N)=O)c1. The van der Waals surface area contributed by atoms with E-state index < -0.39 is 5.91 Å². The molecule has 5 N–H and O–H groups in total. The number of hydrogen-bond donors (Lipinski definition) is 3. The van der Waals surface area contributed by atoms with Crippen LogP contribution < -0.4 is 16.8 Å². The molecule has 0 radical (unpaired) electrons. The number of rotatable bonds is 7. The molecular weight excluding hydrogens is 246 g/mol. The van der Waals surface area contributed by atoms with Gasteiger partial charge >= 0.3 is 0 Å². The highest BCUT2D eigenvalue weighted by Crippen LogP contribution is 2.14. The predicted octanol–water partition coefficient (Wildman–Crippen LogP) is -0.0721. The number of aromatic nitrogens is 2. The second-order valence-corrected chi connectivity index (χ2v) is 4.94. The first-order valence-electron chi connectivity index (χ1n) is 6.24. The molecule has 19 heavy (non-hydrogen) atoms. The minimum absolute atomic E-state index is 0.0117. The number of amides is 2. The van der Waals surface area contributed by atoms with Crippen molar-refractivity contribution in [3.63, 3.8) is 0 Å². The summed E-state index contributed by atoms with van der Waals surface area (Å²) < 4.78 is 1.37. The van der Waals surface area contributed by atoms with Crippen LogP contribution in [0, 0.1) is 11.8 Å². The summed E-state index contributed by atoms with van der Waals surface area (Å²) in [6.07, 6.45) is 3.77. The number of anilines is 1. The molecule has 1 aromatic heterocycles. The lowest BCUT2D eigenvalue weighted by molar-refractivity contribution is -0.120. The third kappa shape index (κ3) is 5.09. The zero-order chi connectivity index (χ0) is 14.4. The first kappa shape index (κ1) is 15.2. The van der Waals surface area contributed by atoms with E-state index in [1.807, 2.05) is 13.8 Å². The van der Waals surface area contributed by atoms with Crippen molar-refractivity contribution in [2.45, 2.75) is 26.8 Å². The van der Waals surface area contributed by atoms with E-state index in [1.54, 1.807) is 6.20 Å². The second-order valence-electron chi connectivity index (χ2n) is 4.94. The minimum Gasteiger partial charge on any atom is -0.368 e. The second kappa shape index (κ2) is 6.89. The molecule has 0 aliphatic rings. The number of nitrogens with one attached hydrogen (secondary N) is 1. The first-order valence-corrected chi connectivity index (χ1v) is 6.24. The highest BCUT2D eigenvalue weighted by atomic mass is 16.2. The molecule has 106 valence electrons. The van der Waals surface area contributed by atoms with Crippen molar-refractivity contribution in [1.29, 1.82) is 0 Å². The summed E-state index contributed by atoms with van der Waals surface area (Å²) in [7, 11) is 0. The molecule has 7 heteroatoms. The normalized spacial score (nSPS) is 12.4. The monoisotopic (exact) mass is 267 g/mol. The van der Waals surface area contributed by atoms with Gasteiger partial charge in [0.25, 0.3) is 0 Å². The van der Waals surface area contributed by atoms with E-state index in [4.69, 9.17) is 11.5 Å². The number of nitrogens with zero attached hydrogens (tertiary/aromatic N) is 2. The topological polar surface area (TPSA) is 116 Å². The van der Waals surface area contributed by atoms with Gasteiger partial charge in [-0.05, 0) is 12.3 Å². The molecule has 0 saturated heterocycles. The number of nitrogens with two attached hydrogens (primary N) is 2. The lowest BCUT2D eigenvalue weighted by Crippen LogP contribution is -2.30. The average molecular weight is 267 g/mol. The molecular formula is C12H21N5O2. The van der Waals surface area contributed by atoms with E-state index in [0.717, 1.165) is 6.42 Å². The molecule has 7 nitrogen and oxygen atoms in total. The van der Waals surface area contributed by atoms with Gasteiger partial charge in [0.2, 0.25) is 11.8 Å². The van der Waals surface area contributed by atoms with Crippen LogP contribution in [-0.4, -0.2) is 28.1 Å². The number of hydrogen-bond acceptors (Lipinski definition) is 4. The molecule has 1 rings (SSSR count). The summed E-state index contributed by atoms with van der Waals surface area (Å²) in [4.78, 5) is 22.7. The average Bonchev–Trinajstić information content (AvgIpc) is 2.71. The first-order chi connectivity index (χ1) is 8.92. The Bertz CT molecular complexity index is 441. The van der Waals surface area contributed by atoms with E-state index in [9.17, 15) is 9.59 Å². The van der Waals surface area contributed by atoms with Crippen molar-refractivity contribution in [2.75, 3.05) is 11.9 Å². The Kier molecular flexibility index (Phi) is 5.50. The maximum Gasteiger partial charge on any atom is 0.239 e. The third-order valence-electron chi connectivity index (χ3n) is 2.63. The van der Waals surface area contributed by atoms with Crippen LogP contribution in [0.3, 0.4) is 0 Å². The summed E-state index contributed by atoms with van der Waals surface area (Å²) in [6, 6.07) is 0. The van der Waals surface area contributed by atoms with E-state index in [0.29, 0.717) is 18.2 Å². The highest BCUT2D eigenvalue weighted by Gasteiger charge is 2.18. The molecule has 1 unspecified atom stereocenters. The summed E-state index contributed by atoms with van der Waals surface area (Å²) in [5, 5.41) is 6.66. The lowest BCUT2D eigenvalue weighted by Gasteiger charge is -2.15. The van der Waals surface area contributed by atoms with Gasteiger partial charge in [0.1, 0.15) is 6.54 Å². The van der Waals surface area contributed by atoms with Gasteiger partial charge in [-0.2, -0.15) is 5.10 Å². The van der Waals surface area contributed by atoms with Crippen LogP contribution in [0.5, 0.6) is 0 Å². The van der Waals surface area contributed by atoms with Crippen molar-refractivity contribution in [3.8, 4) is 0 Å². The standard InChI is InChI=1S/C12H21N5O2/c1-8(2)3-9(4-13)12(19)16-10-5-15-17(6-10)7-11(14)18/h5-6,8-9H,3-4,7,13H2,1-2H3,(H2,14,18)(H,16,19). The van der Waals surface area contributed by atoms with E-state index >= 15 is 0 Å². The molecule has 0 fully saturated rings. The Morgan fingerprint density at radius 2 is 2.16 bits per heavy atom. The molecule has 0 saturated carbocycles. The molecule has 0 spiro atoms. The fraction of sp³-hybridized carbons (Fsp3) is 0.583. The maximum atomic E-state index is 12.0. The number of primary amides is 1. The Labute approximate surface area is 112 Å². The van der Waals surface area contributed by atoms with Crippen LogP contribution >= 0.6 is 0 Å². The van der Waals surface area contributed by atoms with Crippen molar-refractivity contribution < 1.29 is 9.59 Å². The van der Waals surface area contributed by atoms with Crippen LogP contribution in [0.25, 0.3) is 0 Å². The number of carbonyl (C=O) groups is 2. The molecule has 1 aromatic rings. The van der Waals surface area contributed by atoms with Gasteiger partial charge in [0.15, 0.2) is 0 Å². The number of carbonyl (C=O) groups excluding carboxylic acids is 2. The third-order valence-corrected chi connectivity index (χ3v) is 2.63. The molecule has 1 heterocycles. The van der Waals surface area contributed by atoms with Crippen molar-refractivity contribution in [3.05, 3.63) is 12.4 Å². The molecule has 0 aliphatic heterocycles. The van der Waals surface area contributed by atoms with Crippen molar-refractivity contribution >= 4 is 17.5 Å². The van der Waals surface area contributed by atoms with E-state index in [1.165, 1.54) is 10.9 Å². The smallest absolute Gasteiger partial charge is 0.239 e. The Morgan fingerprint density at radius 1 is 1.47 bits per heavy atom. The largest absolute Gasteiger partial charge is 0.368 e. The zero-order valence-electron chi connectivity index (χ0n) is 11.3. The van der Waals surface area contributed by atoms with Gasteiger partial charge in [-0.15, -0.1) is 0 Å². The Morgan fingerprint density at radius 3 is 2.68 bits per heavy atom. The predicted molar refractivity (Wildman–Crippen MR) is 72.1 cm³/mol. The molecule has 0 bridgehead atoms. The van der Waals surface area contributed by atoms with E-state index in [2.05, 4.69) is 10.4 Å². The summed E-state index contributed by atoms with van der Waals surface area (Å²) in [6.45, 7) is 4.38. The fourth-order valence-electron chi connectivity index (χ4n) is 1.80. The zero-order valence-corrected chi connectivity index (χ0v) is 11.3. The summed E-state index contributed by atoms with van der Waals surface area (Å²) in [5.74, 6) is -0.438. The summed E-state index contributed by atoms with van der Waals surface area (Å²) >= 11 is 0. The van der Waals surface area contributed by atoms with Gasteiger partial charge in [-0.1, -0.05) is 13.8 Å². The van der Waals surface area contributed by atoms with Crippen LogP contribution in [0.2, 0.25) is 0 Å². The minimum atomic E-state index is -0.486. The van der Waals surface area contributed by atoms with Gasteiger partial charge in [-0.25, -0.2) is 0 Å².